The van der Waals surface area contributed by atoms with E-state index >= 15 is 0 Å². The predicted octanol–water partition coefficient (Wildman–Crippen LogP) is 2.75. The van der Waals surface area contributed by atoms with Crippen molar-refractivity contribution in [3.8, 4) is 17.4 Å². The van der Waals surface area contributed by atoms with Gasteiger partial charge >= 0.3 is 0 Å². The maximum absolute atomic E-state index is 12.4. The van der Waals surface area contributed by atoms with Gasteiger partial charge in [-0.2, -0.15) is 0 Å². The lowest BCUT2D eigenvalue weighted by Gasteiger charge is -2.11. The zero-order valence-corrected chi connectivity index (χ0v) is 16.5. The molecule has 3 aromatic rings. The first-order valence-corrected chi connectivity index (χ1v) is 9.06. The van der Waals surface area contributed by atoms with Crippen molar-refractivity contribution in [2.45, 2.75) is 6.61 Å². The summed E-state index contributed by atoms with van der Waals surface area (Å²) in [4.78, 5) is 28.8. The van der Waals surface area contributed by atoms with E-state index in [1.807, 2.05) is 30.3 Å². The Morgan fingerprint density at radius 2 is 1.50 bits per heavy atom. The summed E-state index contributed by atoms with van der Waals surface area (Å²) in [6, 6.07) is 17.3. The SMILES string of the molecule is COc1ccc(C(=O)NNC(=O)c2ccnc(OCc3ccccc3)c2)cc1OC. The van der Waals surface area contributed by atoms with Gasteiger partial charge in [-0.1, -0.05) is 30.3 Å². The average molecular weight is 407 g/mol. The van der Waals surface area contributed by atoms with Gasteiger partial charge in [-0.15, -0.1) is 0 Å². The largest absolute Gasteiger partial charge is 0.493 e. The van der Waals surface area contributed by atoms with Crippen molar-refractivity contribution in [3.63, 3.8) is 0 Å². The Balaban J connectivity index is 1.59. The number of carbonyl (C=O) groups is 2. The van der Waals surface area contributed by atoms with E-state index in [1.54, 1.807) is 12.1 Å². The monoisotopic (exact) mass is 407 g/mol. The molecule has 2 N–H and O–H groups in total. The van der Waals surface area contributed by atoms with Crippen LogP contribution in [0.2, 0.25) is 0 Å². The molecule has 2 aromatic carbocycles. The summed E-state index contributed by atoms with van der Waals surface area (Å²) in [6.07, 6.45) is 1.46. The highest BCUT2D eigenvalue weighted by molar-refractivity contribution is 5.99. The molecule has 154 valence electrons. The fraction of sp³-hybridized carbons (Fsp3) is 0.136. The molecule has 2 amide bonds. The lowest BCUT2D eigenvalue weighted by Crippen LogP contribution is -2.41. The standard InChI is InChI=1S/C22H21N3O5/c1-28-18-9-8-16(12-19(18)29-2)21(26)24-25-22(27)17-10-11-23-20(13-17)30-14-15-6-4-3-5-7-15/h3-13H,14H2,1-2H3,(H,24,26)(H,25,27). The van der Waals surface area contributed by atoms with Crippen molar-refractivity contribution < 1.29 is 23.8 Å². The number of methoxy groups -OCH3 is 2. The molecule has 0 aliphatic carbocycles. The van der Waals surface area contributed by atoms with E-state index < -0.39 is 11.8 Å². The Bertz CT molecular complexity index is 1020. The zero-order chi connectivity index (χ0) is 21.3. The third-order valence-corrected chi connectivity index (χ3v) is 4.16. The molecule has 3 rings (SSSR count). The van der Waals surface area contributed by atoms with Crippen LogP contribution in [0.25, 0.3) is 0 Å². The van der Waals surface area contributed by atoms with Crippen LogP contribution in [0.4, 0.5) is 0 Å². The second kappa shape index (κ2) is 9.92. The summed E-state index contributed by atoms with van der Waals surface area (Å²) in [5, 5.41) is 0. The third-order valence-electron chi connectivity index (χ3n) is 4.16. The summed E-state index contributed by atoms with van der Waals surface area (Å²) in [6.45, 7) is 0.328. The number of carbonyl (C=O) groups excluding carboxylic acids is 2. The smallest absolute Gasteiger partial charge is 0.269 e. The maximum atomic E-state index is 12.4. The highest BCUT2D eigenvalue weighted by Crippen LogP contribution is 2.27. The Morgan fingerprint density at radius 1 is 0.833 bits per heavy atom. The van der Waals surface area contributed by atoms with Crippen LogP contribution in [0.1, 0.15) is 26.3 Å². The molecule has 0 aliphatic heterocycles. The number of benzene rings is 2. The first-order valence-electron chi connectivity index (χ1n) is 9.06. The van der Waals surface area contributed by atoms with E-state index in [-0.39, 0.29) is 0 Å². The molecule has 0 unspecified atom stereocenters. The minimum Gasteiger partial charge on any atom is -0.493 e. The minimum absolute atomic E-state index is 0.292. The lowest BCUT2D eigenvalue weighted by molar-refractivity contribution is 0.0846. The normalized spacial score (nSPS) is 10.1. The molecule has 30 heavy (non-hydrogen) atoms. The number of pyridine rings is 1. The third kappa shape index (κ3) is 5.26. The molecule has 0 saturated carbocycles. The summed E-state index contributed by atoms with van der Waals surface area (Å²) in [5.74, 6) is 0.205. The van der Waals surface area contributed by atoms with E-state index in [1.165, 1.54) is 38.6 Å². The van der Waals surface area contributed by atoms with Gasteiger partial charge < -0.3 is 14.2 Å². The van der Waals surface area contributed by atoms with E-state index in [0.717, 1.165) is 5.56 Å². The van der Waals surface area contributed by atoms with Crippen molar-refractivity contribution in [2.75, 3.05) is 14.2 Å². The number of aromatic nitrogens is 1. The summed E-state index contributed by atoms with van der Waals surface area (Å²) in [7, 11) is 2.98. The predicted molar refractivity (Wildman–Crippen MR) is 109 cm³/mol. The van der Waals surface area contributed by atoms with Crippen LogP contribution in [-0.4, -0.2) is 31.0 Å². The van der Waals surface area contributed by atoms with Crippen LogP contribution in [0, 0.1) is 0 Å². The summed E-state index contributed by atoms with van der Waals surface area (Å²) < 4.78 is 15.9. The summed E-state index contributed by atoms with van der Waals surface area (Å²) >= 11 is 0. The van der Waals surface area contributed by atoms with E-state index in [2.05, 4.69) is 15.8 Å². The van der Waals surface area contributed by atoms with E-state index in [4.69, 9.17) is 14.2 Å². The number of nitrogens with one attached hydrogen (secondary N) is 2. The van der Waals surface area contributed by atoms with Crippen LogP contribution >= 0.6 is 0 Å². The van der Waals surface area contributed by atoms with Crippen molar-refractivity contribution in [1.29, 1.82) is 0 Å². The Morgan fingerprint density at radius 3 is 2.17 bits per heavy atom. The molecule has 0 spiro atoms. The molecule has 0 fully saturated rings. The number of nitrogens with zero attached hydrogens (tertiary/aromatic N) is 1. The second-order valence-corrected chi connectivity index (χ2v) is 6.14. The van der Waals surface area contributed by atoms with Crippen molar-refractivity contribution in [3.05, 3.63) is 83.6 Å². The fourth-order valence-corrected chi connectivity index (χ4v) is 2.60. The number of rotatable bonds is 7. The number of amides is 2. The molecular weight excluding hydrogens is 386 g/mol. The number of ether oxygens (including phenoxy) is 3. The summed E-state index contributed by atoms with van der Waals surface area (Å²) in [5.41, 5.74) is 6.31. The Hall–Kier alpha value is -4.07. The molecule has 1 aromatic heterocycles. The van der Waals surface area contributed by atoms with Crippen LogP contribution in [0.3, 0.4) is 0 Å². The molecule has 8 nitrogen and oxygen atoms in total. The quantitative estimate of drug-likeness (QED) is 0.585. The van der Waals surface area contributed by atoms with Crippen molar-refractivity contribution in [1.82, 2.24) is 15.8 Å². The number of hydrogen-bond acceptors (Lipinski definition) is 6. The van der Waals surface area contributed by atoms with Gasteiger partial charge in [0.1, 0.15) is 6.61 Å². The maximum Gasteiger partial charge on any atom is 0.269 e. The minimum atomic E-state index is -0.504. The number of hydrazine groups is 1. The van der Waals surface area contributed by atoms with Gasteiger partial charge in [-0.05, 0) is 29.8 Å². The number of hydrogen-bond donors (Lipinski definition) is 2. The van der Waals surface area contributed by atoms with E-state index in [0.29, 0.717) is 35.1 Å². The molecule has 8 heteroatoms. The molecular formula is C22H21N3O5. The van der Waals surface area contributed by atoms with Gasteiger partial charge in [-0.3, -0.25) is 20.4 Å². The van der Waals surface area contributed by atoms with Crippen LogP contribution in [0.15, 0.2) is 66.9 Å². The molecule has 0 aliphatic rings. The lowest BCUT2D eigenvalue weighted by atomic mass is 10.2. The van der Waals surface area contributed by atoms with Crippen LogP contribution in [0.5, 0.6) is 17.4 Å². The Kier molecular flexibility index (Phi) is 6.83. The van der Waals surface area contributed by atoms with Gasteiger partial charge in [0.15, 0.2) is 11.5 Å². The van der Waals surface area contributed by atoms with Gasteiger partial charge in [0, 0.05) is 23.4 Å². The molecule has 0 bridgehead atoms. The molecule has 0 atom stereocenters. The highest BCUT2D eigenvalue weighted by atomic mass is 16.5. The van der Waals surface area contributed by atoms with Gasteiger partial charge in [0.2, 0.25) is 5.88 Å². The van der Waals surface area contributed by atoms with Gasteiger partial charge in [-0.25, -0.2) is 4.98 Å². The van der Waals surface area contributed by atoms with Crippen molar-refractivity contribution >= 4 is 11.8 Å². The second-order valence-electron chi connectivity index (χ2n) is 6.14. The molecule has 0 saturated heterocycles. The first-order chi connectivity index (χ1) is 14.6. The van der Waals surface area contributed by atoms with Gasteiger partial charge in [0.05, 0.1) is 14.2 Å². The fourth-order valence-electron chi connectivity index (χ4n) is 2.60. The van der Waals surface area contributed by atoms with Crippen LogP contribution < -0.4 is 25.1 Å². The molecule has 1 heterocycles. The average Bonchev–Trinajstić information content (AvgIpc) is 2.81. The molecule has 0 radical (unpaired) electrons. The highest BCUT2D eigenvalue weighted by Gasteiger charge is 2.13. The zero-order valence-electron chi connectivity index (χ0n) is 16.5. The topological polar surface area (TPSA) is 98.8 Å². The first kappa shape index (κ1) is 20.7. The Labute approximate surface area is 173 Å². The van der Waals surface area contributed by atoms with Gasteiger partial charge in [0.25, 0.3) is 11.8 Å². The van der Waals surface area contributed by atoms with Crippen molar-refractivity contribution in [2.24, 2.45) is 0 Å². The van der Waals surface area contributed by atoms with E-state index in [9.17, 15) is 9.59 Å². The van der Waals surface area contributed by atoms with Crippen LogP contribution in [-0.2, 0) is 6.61 Å².